The molecule has 4 heteroatoms. The number of hydrogen-bond donors (Lipinski definition) is 1. The van der Waals surface area contributed by atoms with Crippen molar-refractivity contribution in [3.63, 3.8) is 0 Å². The number of nitrogens with zero attached hydrogens (tertiary/aromatic N) is 3. The van der Waals surface area contributed by atoms with Crippen LogP contribution in [0.3, 0.4) is 0 Å². The summed E-state index contributed by atoms with van der Waals surface area (Å²) in [5.74, 6) is 0.923. The van der Waals surface area contributed by atoms with Crippen LogP contribution < -0.4 is 0 Å². The van der Waals surface area contributed by atoms with Gasteiger partial charge in [-0.2, -0.15) is 0 Å². The topological polar surface area (TPSA) is 50.9 Å². The number of rotatable bonds is 8. The van der Waals surface area contributed by atoms with Crippen molar-refractivity contribution >= 4 is 11.0 Å². The fourth-order valence-electron chi connectivity index (χ4n) is 10.4. The maximum absolute atomic E-state index is 12.8. The molecule has 0 bridgehead atoms. The van der Waals surface area contributed by atoms with Crippen LogP contribution in [0.1, 0.15) is 111 Å². The minimum absolute atomic E-state index is 0.0107. The van der Waals surface area contributed by atoms with E-state index in [9.17, 15) is 5.11 Å². The van der Waals surface area contributed by atoms with Crippen LogP contribution in [0.5, 0.6) is 5.75 Å². The monoisotopic (exact) mass is 982 g/mol. The van der Waals surface area contributed by atoms with E-state index in [0.29, 0.717) is 11.4 Å². The smallest absolute Gasteiger partial charge is 0.149 e. The Morgan fingerprint density at radius 3 is 1.53 bits per heavy atom. The second kappa shape index (κ2) is 19.1. The third-order valence-corrected chi connectivity index (χ3v) is 14.9. The van der Waals surface area contributed by atoms with E-state index in [1.807, 2.05) is 6.20 Å². The first kappa shape index (κ1) is 50.7. The van der Waals surface area contributed by atoms with Crippen LogP contribution in [0.15, 0.2) is 188 Å². The summed E-state index contributed by atoms with van der Waals surface area (Å²) < 4.78 is 2.32. The third-order valence-electron chi connectivity index (χ3n) is 14.9. The van der Waals surface area contributed by atoms with E-state index >= 15 is 0 Å². The summed E-state index contributed by atoms with van der Waals surface area (Å²) in [6.45, 7) is 29.0. The highest BCUT2D eigenvalue weighted by Gasteiger charge is 2.30. The number of fused-ring (bicyclic) bond motifs is 1. The average molecular weight is 982 g/mol. The number of hydrogen-bond acceptors (Lipinski definition) is 3. The summed E-state index contributed by atoms with van der Waals surface area (Å²) in [6.07, 6.45) is 1.93. The first-order chi connectivity index (χ1) is 35.5. The van der Waals surface area contributed by atoms with Crippen LogP contribution in [-0.4, -0.2) is 19.6 Å². The molecule has 0 amide bonds. The van der Waals surface area contributed by atoms with Gasteiger partial charge in [-0.1, -0.05) is 210 Å². The molecule has 4 nitrogen and oxygen atoms in total. The number of imidazole rings is 1. The van der Waals surface area contributed by atoms with E-state index < -0.39 is 0 Å². The van der Waals surface area contributed by atoms with Gasteiger partial charge < -0.3 is 5.11 Å². The maximum atomic E-state index is 12.8. The van der Waals surface area contributed by atoms with E-state index in [4.69, 9.17) is 9.97 Å². The summed E-state index contributed by atoms with van der Waals surface area (Å²) in [4.78, 5) is 10.8. The van der Waals surface area contributed by atoms with Crippen LogP contribution >= 0.6 is 0 Å². The Balaban J connectivity index is 1.27. The van der Waals surface area contributed by atoms with Crippen LogP contribution in [-0.2, 0) is 21.7 Å². The molecule has 0 aliphatic rings. The lowest BCUT2D eigenvalue weighted by Crippen LogP contribution is -2.17. The molecule has 0 aliphatic carbocycles. The predicted molar refractivity (Wildman–Crippen MR) is 318 cm³/mol. The van der Waals surface area contributed by atoms with Gasteiger partial charge in [0.15, 0.2) is 0 Å². The van der Waals surface area contributed by atoms with Gasteiger partial charge in [-0.15, -0.1) is 0 Å². The van der Waals surface area contributed by atoms with Gasteiger partial charge in [0.2, 0.25) is 0 Å². The number of aromatic nitrogens is 3. The summed E-state index contributed by atoms with van der Waals surface area (Å²) in [7, 11) is 0. The first-order valence-corrected chi connectivity index (χ1v) is 26.5. The molecule has 10 rings (SSSR count). The zero-order valence-corrected chi connectivity index (χ0v) is 46.2. The average Bonchev–Trinajstić information content (AvgIpc) is 3.77. The molecule has 0 unspecified atom stereocenters. The lowest BCUT2D eigenvalue weighted by molar-refractivity contribution is 0.446. The minimum Gasteiger partial charge on any atom is -0.507 e. The second-order valence-corrected chi connectivity index (χ2v) is 24.7. The normalized spacial score (nSPS) is 12.4. The molecule has 0 spiro atoms. The molecular weight excluding hydrogens is 911 g/mol. The Hall–Kier alpha value is -7.82. The largest absolute Gasteiger partial charge is 0.507 e. The van der Waals surface area contributed by atoms with Crippen LogP contribution in [0.2, 0.25) is 0 Å². The standard InChI is InChI=1S/C71H71N3O/c1-45-37-64(59(44-58(45)48-23-18-15-19-24-48)49-29-33-55(34-30-49)69(5,6)7)74-63-26-20-25-57(65(63)73-67(74)60-42-56(70(8,9)10)43-61(66(60)75)71(11,12)13)52-38-51(46-21-16-14-17-22-46)39-53(40-52)62-41-50(35-36-72-62)47-27-31-54(32-28-47)68(2,3)4/h14-44,75H,1-13H3. The summed E-state index contributed by atoms with van der Waals surface area (Å²) in [5, 5.41) is 12.8. The van der Waals surface area contributed by atoms with Gasteiger partial charge >= 0.3 is 0 Å². The molecule has 0 aliphatic heterocycles. The fraction of sp³-hybridized carbons (Fsp3) is 0.239. The molecule has 10 aromatic rings. The first-order valence-electron chi connectivity index (χ1n) is 26.5. The Kier molecular flexibility index (Phi) is 12.9. The quantitative estimate of drug-likeness (QED) is 0.165. The molecule has 8 aromatic carbocycles. The Labute approximate surface area is 445 Å². The van der Waals surface area contributed by atoms with Gasteiger partial charge in [0.25, 0.3) is 0 Å². The molecule has 1 N–H and O–H groups in total. The van der Waals surface area contributed by atoms with Gasteiger partial charge in [0.05, 0.1) is 28.0 Å². The summed E-state index contributed by atoms with van der Waals surface area (Å²) >= 11 is 0. The van der Waals surface area contributed by atoms with Crippen LogP contribution in [0, 0.1) is 6.92 Å². The zero-order chi connectivity index (χ0) is 53.2. The van der Waals surface area contributed by atoms with E-state index in [-0.39, 0.29) is 27.4 Å². The molecule has 0 saturated heterocycles. The van der Waals surface area contributed by atoms with Crippen molar-refractivity contribution in [3.8, 4) is 89.7 Å². The highest BCUT2D eigenvalue weighted by molar-refractivity contribution is 5.99. The van der Waals surface area contributed by atoms with Gasteiger partial charge in [-0.25, -0.2) is 4.98 Å². The van der Waals surface area contributed by atoms with Crippen LogP contribution in [0.25, 0.3) is 95.0 Å². The van der Waals surface area contributed by atoms with E-state index in [0.717, 1.165) is 94.7 Å². The molecule has 0 atom stereocenters. The third kappa shape index (κ3) is 10.1. The molecule has 0 fully saturated rings. The van der Waals surface area contributed by atoms with Crippen molar-refractivity contribution in [2.45, 2.75) is 112 Å². The number of benzene rings is 8. The highest BCUT2D eigenvalue weighted by atomic mass is 16.3. The maximum Gasteiger partial charge on any atom is 0.149 e. The highest BCUT2D eigenvalue weighted by Crippen LogP contribution is 2.47. The number of aromatic hydroxyl groups is 1. The van der Waals surface area contributed by atoms with E-state index in [2.05, 4.69) is 277 Å². The van der Waals surface area contributed by atoms with Crippen molar-refractivity contribution in [2.75, 3.05) is 0 Å². The Morgan fingerprint density at radius 1 is 0.387 bits per heavy atom. The van der Waals surface area contributed by atoms with Crippen molar-refractivity contribution in [2.24, 2.45) is 0 Å². The molecule has 75 heavy (non-hydrogen) atoms. The number of phenols is 1. The minimum atomic E-state index is -0.356. The van der Waals surface area contributed by atoms with Gasteiger partial charge in [-0.05, 0) is 150 Å². The van der Waals surface area contributed by atoms with Crippen molar-refractivity contribution in [1.82, 2.24) is 14.5 Å². The fourth-order valence-corrected chi connectivity index (χ4v) is 10.4. The zero-order valence-electron chi connectivity index (χ0n) is 46.2. The summed E-state index contributed by atoms with van der Waals surface area (Å²) in [6, 6.07) is 66.0. The predicted octanol–water partition coefficient (Wildman–Crippen LogP) is 19.3. The number of aryl methyl sites for hydroxylation is 1. The molecule has 0 saturated carbocycles. The molecule has 0 radical (unpaired) electrons. The van der Waals surface area contributed by atoms with Crippen molar-refractivity contribution in [3.05, 3.63) is 216 Å². The molecule has 2 aromatic heterocycles. The van der Waals surface area contributed by atoms with Gasteiger partial charge in [-0.3, -0.25) is 9.55 Å². The SMILES string of the molecule is Cc1cc(-n2c(-c3cc(C(C)(C)C)cc(C(C)(C)C)c3O)nc3c(-c4cc(-c5ccccc5)cc(-c5cc(-c6ccc(C(C)(C)C)cc6)ccn5)c4)cccc32)c(-c2ccc(C(C)(C)C)cc2)cc1-c1ccccc1. The van der Waals surface area contributed by atoms with Gasteiger partial charge in [0, 0.05) is 28.5 Å². The molecular formula is C71H71N3O. The molecule has 376 valence electrons. The number of para-hydroxylation sites is 1. The number of phenolic OH excluding ortho intramolecular Hbond substituents is 1. The Morgan fingerprint density at radius 2 is 0.933 bits per heavy atom. The van der Waals surface area contributed by atoms with Crippen molar-refractivity contribution < 1.29 is 5.11 Å². The Bertz CT molecular complexity index is 3720. The molecule has 2 heterocycles. The lowest BCUT2D eigenvalue weighted by atomic mass is 9.79. The number of pyridine rings is 1. The lowest BCUT2D eigenvalue weighted by Gasteiger charge is -2.28. The van der Waals surface area contributed by atoms with Crippen molar-refractivity contribution in [1.29, 1.82) is 0 Å². The second-order valence-electron chi connectivity index (χ2n) is 24.7. The summed E-state index contributed by atoms with van der Waals surface area (Å²) in [5.41, 5.74) is 21.5. The van der Waals surface area contributed by atoms with E-state index in [1.54, 1.807) is 0 Å². The van der Waals surface area contributed by atoms with E-state index in [1.165, 1.54) is 16.7 Å². The van der Waals surface area contributed by atoms with Gasteiger partial charge in [0.1, 0.15) is 11.6 Å². The van der Waals surface area contributed by atoms with Crippen LogP contribution in [0.4, 0.5) is 0 Å².